The Morgan fingerprint density at radius 3 is 2.36 bits per heavy atom. The highest BCUT2D eigenvalue weighted by Crippen LogP contribution is 2.48. The number of benzene rings is 1. The average Bonchev–Trinajstić information content (AvgIpc) is 2.58. The van der Waals surface area contributed by atoms with Gasteiger partial charge in [-0.15, -0.1) is 0 Å². The van der Waals surface area contributed by atoms with Crippen LogP contribution in [0.25, 0.3) is 0 Å². The molecule has 22 heavy (non-hydrogen) atoms. The van der Waals surface area contributed by atoms with Gasteiger partial charge in [0.15, 0.2) is 0 Å². The molecule has 1 aromatic carbocycles. The lowest BCUT2D eigenvalue weighted by molar-refractivity contribution is 0.511. The summed E-state index contributed by atoms with van der Waals surface area (Å²) in [6.07, 6.45) is 17.1. The summed E-state index contributed by atoms with van der Waals surface area (Å²) < 4.78 is 0. The number of unbranched alkanes of at least 4 members (excludes halogenated alkanes) is 3. The largest absolute Gasteiger partial charge is 0.0718 e. The van der Waals surface area contributed by atoms with Crippen molar-refractivity contribution in [2.75, 3.05) is 6.16 Å². The third-order valence-corrected chi connectivity index (χ3v) is 8.37. The Hall–Kier alpha value is -0.350. The van der Waals surface area contributed by atoms with Gasteiger partial charge in [-0.05, 0) is 54.8 Å². The van der Waals surface area contributed by atoms with E-state index >= 15 is 0 Å². The summed E-state index contributed by atoms with van der Waals surface area (Å²) in [5.74, 6) is 0. The van der Waals surface area contributed by atoms with Crippen LogP contribution in [0.2, 0.25) is 0 Å². The van der Waals surface area contributed by atoms with Gasteiger partial charge in [0.1, 0.15) is 0 Å². The van der Waals surface area contributed by atoms with Crippen LogP contribution in [0.3, 0.4) is 0 Å². The average molecular weight is 318 g/mol. The Balaban J connectivity index is 2.15. The van der Waals surface area contributed by atoms with E-state index in [9.17, 15) is 0 Å². The molecule has 0 bridgehead atoms. The van der Waals surface area contributed by atoms with Crippen molar-refractivity contribution >= 4 is 13.2 Å². The smallest absolute Gasteiger partial charge is 0.0169 e. The van der Waals surface area contributed by atoms with Crippen molar-refractivity contribution in [1.29, 1.82) is 0 Å². The molecule has 1 aromatic rings. The SMILES string of the molecule is CCCCCP(c1ccccc1CCCC)C1CCCCC1. The highest BCUT2D eigenvalue weighted by Gasteiger charge is 2.25. The molecule has 1 unspecified atom stereocenters. The van der Waals surface area contributed by atoms with E-state index in [1.165, 1.54) is 76.8 Å². The van der Waals surface area contributed by atoms with Crippen molar-refractivity contribution in [3.8, 4) is 0 Å². The number of aryl methyl sites for hydroxylation is 1. The molecule has 1 aliphatic carbocycles. The molecular formula is C21H35P. The molecule has 0 heterocycles. The fourth-order valence-electron chi connectivity index (χ4n) is 3.79. The molecule has 0 saturated heterocycles. The molecule has 0 N–H and O–H groups in total. The minimum atomic E-state index is 0.0771. The van der Waals surface area contributed by atoms with Crippen molar-refractivity contribution in [3.63, 3.8) is 0 Å². The standard InChI is InChI=1S/C21H35P/c1-3-5-12-18-22(20-15-8-7-9-16-20)21-17-11-10-14-19(21)13-6-4-2/h10-11,14,17,20H,3-9,12-13,15-16,18H2,1-2H3. The van der Waals surface area contributed by atoms with Crippen molar-refractivity contribution in [1.82, 2.24) is 0 Å². The first-order chi connectivity index (χ1) is 10.9. The van der Waals surface area contributed by atoms with Gasteiger partial charge in [-0.1, -0.05) is 84.6 Å². The summed E-state index contributed by atoms with van der Waals surface area (Å²) in [6, 6.07) is 9.46. The normalized spacial score (nSPS) is 17.5. The highest BCUT2D eigenvalue weighted by molar-refractivity contribution is 7.66. The quantitative estimate of drug-likeness (QED) is 0.353. The fraction of sp³-hybridized carbons (Fsp3) is 0.714. The molecule has 1 atom stereocenters. The second-order valence-electron chi connectivity index (χ2n) is 6.92. The number of hydrogen-bond acceptors (Lipinski definition) is 0. The summed E-state index contributed by atoms with van der Waals surface area (Å²) >= 11 is 0. The third-order valence-electron chi connectivity index (χ3n) is 5.12. The second kappa shape index (κ2) is 10.4. The van der Waals surface area contributed by atoms with Crippen LogP contribution < -0.4 is 5.30 Å². The van der Waals surface area contributed by atoms with Crippen LogP contribution in [0.4, 0.5) is 0 Å². The highest BCUT2D eigenvalue weighted by atomic mass is 31.1. The van der Waals surface area contributed by atoms with Crippen LogP contribution in [-0.4, -0.2) is 11.8 Å². The summed E-state index contributed by atoms with van der Waals surface area (Å²) in [5, 5.41) is 1.77. The summed E-state index contributed by atoms with van der Waals surface area (Å²) in [7, 11) is 0.0771. The Morgan fingerprint density at radius 2 is 1.64 bits per heavy atom. The molecule has 0 amide bonds. The van der Waals surface area contributed by atoms with Gasteiger partial charge in [0.25, 0.3) is 0 Å². The molecule has 1 aliphatic rings. The molecule has 0 spiro atoms. The molecule has 0 aliphatic heterocycles. The summed E-state index contributed by atoms with van der Waals surface area (Å²) in [4.78, 5) is 0. The van der Waals surface area contributed by atoms with Gasteiger partial charge in [-0.3, -0.25) is 0 Å². The first-order valence-corrected chi connectivity index (χ1v) is 11.3. The third kappa shape index (κ3) is 5.38. The lowest BCUT2D eigenvalue weighted by Crippen LogP contribution is -2.21. The van der Waals surface area contributed by atoms with Crippen LogP contribution in [0.5, 0.6) is 0 Å². The van der Waals surface area contributed by atoms with Crippen LogP contribution in [0.15, 0.2) is 24.3 Å². The van der Waals surface area contributed by atoms with Crippen molar-refractivity contribution in [2.45, 2.75) is 90.1 Å². The van der Waals surface area contributed by atoms with E-state index in [-0.39, 0.29) is 7.92 Å². The van der Waals surface area contributed by atoms with E-state index in [1.807, 2.05) is 0 Å². The van der Waals surface area contributed by atoms with E-state index in [2.05, 4.69) is 38.1 Å². The summed E-state index contributed by atoms with van der Waals surface area (Å²) in [5.41, 5.74) is 2.70. The zero-order valence-corrected chi connectivity index (χ0v) is 15.7. The first kappa shape index (κ1) is 18.0. The zero-order valence-electron chi connectivity index (χ0n) is 14.8. The van der Waals surface area contributed by atoms with E-state index in [4.69, 9.17) is 0 Å². The Labute approximate surface area is 139 Å². The fourth-order valence-corrected chi connectivity index (χ4v) is 7.18. The molecule has 124 valence electrons. The Bertz CT molecular complexity index is 406. The minimum Gasteiger partial charge on any atom is -0.0718 e. The van der Waals surface area contributed by atoms with Gasteiger partial charge in [0.05, 0.1) is 0 Å². The monoisotopic (exact) mass is 318 g/mol. The predicted octanol–water partition coefficient (Wildman–Crippen LogP) is 6.66. The number of rotatable bonds is 9. The molecule has 1 saturated carbocycles. The Kier molecular flexibility index (Phi) is 8.53. The number of hydrogen-bond donors (Lipinski definition) is 0. The van der Waals surface area contributed by atoms with E-state index in [0.717, 1.165) is 5.66 Å². The lowest BCUT2D eigenvalue weighted by atomic mass is 10.0. The minimum absolute atomic E-state index is 0.0771. The molecule has 2 rings (SSSR count). The van der Waals surface area contributed by atoms with Crippen molar-refractivity contribution in [2.24, 2.45) is 0 Å². The van der Waals surface area contributed by atoms with Crippen LogP contribution in [-0.2, 0) is 6.42 Å². The van der Waals surface area contributed by atoms with Crippen LogP contribution >= 0.6 is 7.92 Å². The van der Waals surface area contributed by atoms with E-state index in [1.54, 1.807) is 10.9 Å². The van der Waals surface area contributed by atoms with Crippen LogP contribution in [0.1, 0.15) is 83.6 Å². The Morgan fingerprint density at radius 1 is 0.909 bits per heavy atom. The van der Waals surface area contributed by atoms with E-state index < -0.39 is 0 Å². The topological polar surface area (TPSA) is 0 Å². The van der Waals surface area contributed by atoms with Crippen molar-refractivity contribution in [3.05, 3.63) is 29.8 Å². The van der Waals surface area contributed by atoms with Gasteiger partial charge in [-0.2, -0.15) is 0 Å². The maximum atomic E-state index is 2.48. The molecular weight excluding hydrogens is 283 g/mol. The van der Waals surface area contributed by atoms with Crippen molar-refractivity contribution < 1.29 is 0 Å². The predicted molar refractivity (Wildman–Crippen MR) is 103 cm³/mol. The van der Waals surface area contributed by atoms with Gasteiger partial charge in [-0.25, -0.2) is 0 Å². The lowest BCUT2D eigenvalue weighted by Gasteiger charge is -2.32. The van der Waals surface area contributed by atoms with E-state index in [0.29, 0.717) is 0 Å². The molecule has 0 radical (unpaired) electrons. The molecule has 0 nitrogen and oxygen atoms in total. The van der Waals surface area contributed by atoms with Gasteiger partial charge in [0.2, 0.25) is 0 Å². The molecule has 0 aromatic heterocycles. The van der Waals surface area contributed by atoms with Crippen LogP contribution in [0, 0.1) is 0 Å². The molecule has 1 heteroatoms. The van der Waals surface area contributed by atoms with Gasteiger partial charge < -0.3 is 0 Å². The maximum Gasteiger partial charge on any atom is -0.0169 e. The van der Waals surface area contributed by atoms with Gasteiger partial charge in [0, 0.05) is 0 Å². The maximum absolute atomic E-state index is 2.48. The first-order valence-electron chi connectivity index (χ1n) is 9.71. The van der Waals surface area contributed by atoms with Gasteiger partial charge >= 0.3 is 0 Å². The summed E-state index contributed by atoms with van der Waals surface area (Å²) in [6.45, 7) is 4.64. The molecule has 1 fully saturated rings. The zero-order chi connectivity index (χ0) is 15.6. The second-order valence-corrected chi connectivity index (χ2v) is 9.52.